The van der Waals surface area contributed by atoms with Gasteiger partial charge in [-0.2, -0.15) is 0 Å². The van der Waals surface area contributed by atoms with Gasteiger partial charge in [0.05, 0.1) is 12.0 Å². The summed E-state index contributed by atoms with van der Waals surface area (Å²) in [5.41, 5.74) is 1.47. The molecule has 1 N–H and O–H groups in total. The average molecular weight is 277 g/mol. The van der Waals surface area contributed by atoms with E-state index in [-0.39, 0.29) is 5.54 Å². The van der Waals surface area contributed by atoms with E-state index >= 15 is 0 Å². The van der Waals surface area contributed by atoms with Gasteiger partial charge < -0.3 is 9.88 Å². The molecule has 1 heterocycles. The van der Waals surface area contributed by atoms with Crippen molar-refractivity contribution in [2.24, 2.45) is 11.8 Å². The van der Waals surface area contributed by atoms with Crippen LogP contribution in [0.25, 0.3) is 0 Å². The Balaban J connectivity index is 1.82. The Morgan fingerprint density at radius 3 is 2.85 bits per heavy atom. The third kappa shape index (κ3) is 4.93. The topological polar surface area (TPSA) is 29.9 Å². The number of hydrogen-bond donors (Lipinski definition) is 1. The van der Waals surface area contributed by atoms with Gasteiger partial charge in [-0.3, -0.25) is 0 Å². The summed E-state index contributed by atoms with van der Waals surface area (Å²) in [6, 6.07) is 0. The van der Waals surface area contributed by atoms with Crippen molar-refractivity contribution in [3.05, 3.63) is 18.2 Å². The first-order valence-electron chi connectivity index (χ1n) is 8.18. The van der Waals surface area contributed by atoms with Crippen LogP contribution in [0.2, 0.25) is 0 Å². The lowest BCUT2D eigenvalue weighted by atomic mass is 9.81. The SMILES string of the molecule is CC1CCCC(CCn2cncc2CNC(C)(C)C)C1. The number of rotatable bonds is 5. The predicted molar refractivity (Wildman–Crippen MR) is 84.6 cm³/mol. The molecule has 1 aromatic heterocycles. The fraction of sp³-hybridized carbons (Fsp3) is 0.824. The molecular weight excluding hydrogens is 246 g/mol. The zero-order chi connectivity index (χ0) is 14.6. The number of aryl methyl sites for hydroxylation is 1. The summed E-state index contributed by atoms with van der Waals surface area (Å²) in [7, 11) is 0. The van der Waals surface area contributed by atoms with Crippen molar-refractivity contribution < 1.29 is 0 Å². The van der Waals surface area contributed by atoms with E-state index in [1.54, 1.807) is 0 Å². The number of hydrogen-bond acceptors (Lipinski definition) is 2. The standard InChI is InChI=1S/C17H31N3/c1-14-6-5-7-15(10-14)8-9-20-13-18-11-16(20)12-19-17(2,3)4/h11,13-15,19H,5-10,12H2,1-4H3. The minimum absolute atomic E-state index is 0.161. The zero-order valence-electron chi connectivity index (χ0n) is 13.7. The maximum absolute atomic E-state index is 4.32. The quantitative estimate of drug-likeness (QED) is 0.882. The molecule has 0 aromatic carbocycles. The molecule has 2 atom stereocenters. The van der Waals surface area contributed by atoms with Crippen LogP contribution in [-0.4, -0.2) is 15.1 Å². The lowest BCUT2D eigenvalue weighted by molar-refractivity contribution is 0.260. The third-order valence-corrected chi connectivity index (χ3v) is 4.42. The molecule has 3 nitrogen and oxygen atoms in total. The van der Waals surface area contributed by atoms with Crippen molar-refractivity contribution in [1.29, 1.82) is 0 Å². The van der Waals surface area contributed by atoms with Gasteiger partial charge in [0.15, 0.2) is 0 Å². The van der Waals surface area contributed by atoms with Gasteiger partial charge >= 0.3 is 0 Å². The minimum Gasteiger partial charge on any atom is -0.333 e. The van der Waals surface area contributed by atoms with Crippen LogP contribution in [0.3, 0.4) is 0 Å². The fourth-order valence-corrected chi connectivity index (χ4v) is 3.20. The van der Waals surface area contributed by atoms with Crippen LogP contribution in [0.4, 0.5) is 0 Å². The van der Waals surface area contributed by atoms with Crippen molar-refractivity contribution in [3.8, 4) is 0 Å². The fourth-order valence-electron chi connectivity index (χ4n) is 3.20. The third-order valence-electron chi connectivity index (χ3n) is 4.42. The lowest BCUT2D eigenvalue weighted by Crippen LogP contribution is -2.35. The molecule has 0 aliphatic heterocycles. The molecule has 2 unspecified atom stereocenters. The van der Waals surface area contributed by atoms with Crippen LogP contribution in [0.1, 0.15) is 65.5 Å². The van der Waals surface area contributed by atoms with Gasteiger partial charge in [0.2, 0.25) is 0 Å². The molecular formula is C17H31N3. The summed E-state index contributed by atoms with van der Waals surface area (Å²) in [6.45, 7) is 11.1. The summed E-state index contributed by atoms with van der Waals surface area (Å²) >= 11 is 0. The molecule has 20 heavy (non-hydrogen) atoms. The minimum atomic E-state index is 0.161. The van der Waals surface area contributed by atoms with Crippen LogP contribution in [0.15, 0.2) is 12.5 Å². The first-order chi connectivity index (χ1) is 9.44. The molecule has 114 valence electrons. The molecule has 1 aliphatic carbocycles. The van der Waals surface area contributed by atoms with Crippen LogP contribution < -0.4 is 5.32 Å². The molecule has 1 fully saturated rings. The van der Waals surface area contributed by atoms with Gasteiger partial charge in [0.1, 0.15) is 0 Å². The maximum Gasteiger partial charge on any atom is 0.0948 e. The molecule has 1 aliphatic rings. The summed E-state index contributed by atoms with van der Waals surface area (Å²) in [5.74, 6) is 1.85. The van der Waals surface area contributed by atoms with Crippen molar-refractivity contribution in [2.75, 3.05) is 0 Å². The second kappa shape index (κ2) is 6.75. The van der Waals surface area contributed by atoms with Gasteiger partial charge in [-0.05, 0) is 45.4 Å². The largest absolute Gasteiger partial charge is 0.333 e. The first-order valence-corrected chi connectivity index (χ1v) is 8.18. The van der Waals surface area contributed by atoms with Crippen LogP contribution in [0.5, 0.6) is 0 Å². The van der Waals surface area contributed by atoms with Crippen molar-refractivity contribution >= 4 is 0 Å². The Labute approximate surface area is 124 Å². The normalized spacial score (nSPS) is 24.0. The Morgan fingerprint density at radius 2 is 2.15 bits per heavy atom. The van der Waals surface area contributed by atoms with E-state index in [2.05, 4.69) is 42.6 Å². The van der Waals surface area contributed by atoms with Gasteiger partial charge in [0.25, 0.3) is 0 Å². The van der Waals surface area contributed by atoms with Crippen molar-refractivity contribution in [1.82, 2.24) is 14.9 Å². The Kier molecular flexibility index (Phi) is 5.25. The molecule has 0 amide bonds. The summed E-state index contributed by atoms with van der Waals surface area (Å²) < 4.78 is 2.33. The van der Waals surface area contributed by atoms with E-state index < -0.39 is 0 Å². The summed E-state index contributed by atoms with van der Waals surface area (Å²) in [4.78, 5) is 4.32. The number of nitrogens with one attached hydrogen (secondary N) is 1. The van der Waals surface area contributed by atoms with E-state index in [1.165, 1.54) is 37.8 Å². The Bertz CT molecular complexity index is 403. The molecule has 1 saturated carbocycles. The van der Waals surface area contributed by atoms with E-state index in [4.69, 9.17) is 0 Å². The number of aromatic nitrogens is 2. The van der Waals surface area contributed by atoms with Gasteiger partial charge in [-0.15, -0.1) is 0 Å². The second-order valence-corrected chi connectivity index (χ2v) is 7.61. The van der Waals surface area contributed by atoms with Crippen LogP contribution >= 0.6 is 0 Å². The number of nitrogens with zero attached hydrogens (tertiary/aromatic N) is 2. The summed E-state index contributed by atoms with van der Waals surface area (Å²) in [5, 5.41) is 3.55. The smallest absolute Gasteiger partial charge is 0.0948 e. The first kappa shape index (κ1) is 15.6. The predicted octanol–water partition coefficient (Wildman–Crippen LogP) is 3.99. The van der Waals surface area contributed by atoms with E-state index in [1.807, 2.05) is 12.5 Å². The molecule has 2 rings (SSSR count). The maximum atomic E-state index is 4.32. The highest BCUT2D eigenvalue weighted by Crippen LogP contribution is 2.31. The zero-order valence-corrected chi connectivity index (χ0v) is 13.7. The van der Waals surface area contributed by atoms with Crippen LogP contribution in [-0.2, 0) is 13.1 Å². The van der Waals surface area contributed by atoms with Gasteiger partial charge in [-0.1, -0.05) is 26.2 Å². The molecule has 0 bridgehead atoms. The average Bonchev–Trinajstić information content (AvgIpc) is 2.81. The molecule has 0 spiro atoms. The Morgan fingerprint density at radius 1 is 1.35 bits per heavy atom. The van der Waals surface area contributed by atoms with Crippen molar-refractivity contribution in [2.45, 2.75) is 78.4 Å². The Hall–Kier alpha value is -0.830. The monoisotopic (exact) mass is 277 g/mol. The molecule has 1 aromatic rings. The highest BCUT2D eigenvalue weighted by Gasteiger charge is 2.19. The van der Waals surface area contributed by atoms with Crippen molar-refractivity contribution in [3.63, 3.8) is 0 Å². The van der Waals surface area contributed by atoms with E-state index in [0.717, 1.165) is 24.9 Å². The lowest BCUT2D eigenvalue weighted by Gasteiger charge is -2.27. The summed E-state index contributed by atoms with van der Waals surface area (Å²) in [6.07, 6.45) is 11.0. The molecule has 0 radical (unpaired) electrons. The molecule has 3 heteroatoms. The van der Waals surface area contributed by atoms with Crippen LogP contribution in [0, 0.1) is 11.8 Å². The van der Waals surface area contributed by atoms with Gasteiger partial charge in [-0.25, -0.2) is 4.98 Å². The number of imidazole rings is 1. The highest BCUT2D eigenvalue weighted by molar-refractivity contribution is 4.99. The van der Waals surface area contributed by atoms with Gasteiger partial charge in [0, 0.05) is 24.8 Å². The second-order valence-electron chi connectivity index (χ2n) is 7.61. The molecule has 0 saturated heterocycles. The van der Waals surface area contributed by atoms with E-state index in [9.17, 15) is 0 Å². The van der Waals surface area contributed by atoms with E-state index in [0.29, 0.717) is 0 Å². The highest BCUT2D eigenvalue weighted by atomic mass is 15.1.